The van der Waals surface area contributed by atoms with Crippen LogP contribution < -0.4 is 15.7 Å². The molecule has 1 unspecified atom stereocenters. The third-order valence-electron chi connectivity index (χ3n) is 5.34. The van der Waals surface area contributed by atoms with E-state index in [1.807, 2.05) is 11.8 Å². The third-order valence-corrected chi connectivity index (χ3v) is 6.58. The highest BCUT2D eigenvalue weighted by molar-refractivity contribution is 7.99. The van der Waals surface area contributed by atoms with Crippen molar-refractivity contribution in [2.75, 3.05) is 51.0 Å². The van der Waals surface area contributed by atoms with Crippen molar-refractivity contribution in [2.45, 2.75) is 12.0 Å². The summed E-state index contributed by atoms with van der Waals surface area (Å²) in [5.74, 6) is 2.49. The highest BCUT2D eigenvalue weighted by atomic mass is 32.2. The second kappa shape index (κ2) is 8.55. The molecule has 2 fully saturated rings. The summed E-state index contributed by atoms with van der Waals surface area (Å²) >= 11 is 1.94. The summed E-state index contributed by atoms with van der Waals surface area (Å²) in [5.41, 5.74) is 0.0427. The van der Waals surface area contributed by atoms with E-state index >= 15 is 0 Å². The molecule has 0 saturated carbocycles. The van der Waals surface area contributed by atoms with Crippen LogP contribution in [0.5, 0.6) is 5.75 Å². The summed E-state index contributed by atoms with van der Waals surface area (Å²) in [4.78, 5) is 26.2. The quantitative estimate of drug-likeness (QED) is 0.731. The summed E-state index contributed by atoms with van der Waals surface area (Å²) in [6.45, 7) is 3.87. The summed E-state index contributed by atoms with van der Waals surface area (Å²) in [6, 6.07) is 8.27. The van der Waals surface area contributed by atoms with Crippen LogP contribution in [0.1, 0.15) is 6.42 Å². The Morgan fingerprint density at radius 3 is 2.86 bits per heavy atom. The van der Waals surface area contributed by atoms with Crippen molar-refractivity contribution in [1.82, 2.24) is 10.2 Å². The Morgan fingerprint density at radius 2 is 2.07 bits per heavy atom. The molecule has 2 aliphatic rings. The van der Waals surface area contributed by atoms with Crippen LogP contribution in [0.4, 0.5) is 0 Å². The van der Waals surface area contributed by atoms with Crippen LogP contribution in [-0.4, -0.2) is 67.3 Å². The van der Waals surface area contributed by atoms with Gasteiger partial charge in [-0.05, 0) is 30.4 Å². The van der Waals surface area contributed by atoms with Crippen molar-refractivity contribution in [3.63, 3.8) is 0 Å². The van der Waals surface area contributed by atoms with E-state index < -0.39 is 5.63 Å². The maximum absolute atomic E-state index is 12.4. The number of hydrogen-bond donors (Lipinski definition) is 1. The van der Waals surface area contributed by atoms with Crippen LogP contribution in [0.2, 0.25) is 0 Å². The Bertz CT molecular complexity index is 888. The molecule has 2 saturated heterocycles. The molecule has 0 radical (unpaired) electrons. The summed E-state index contributed by atoms with van der Waals surface area (Å²) in [7, 11) is 0. The van der Waals surface area contributed by atoms with Gasteiger partial charge in [-0.15, -0.1) is 0 Å². The smallest absolute Gasteiger partial charge is 0.336 e. The molecule has 0 aliphatic carbocycles. The SMILES string of the molecule is O=C(COc1ccc2ccc(=O)oc2c1)NCC1(N2CCOCC2)CCSC1. The predicted octanol–water partition coefficient (Wildman–Crippen LogP) is 1.50. The average Bonchev–Trinajstić information content (AvgIpc) is 3.21. The molecule has 7 nitrogen and oxygen atoms in total. The van der Waals surface area contributed by atoms with Crippen molar-refractivity contribution >= 4 is 28.6 Å². The van der Waals surface area contributed by atoms with Gasteiger partial charge in [0.05, 0.1) is 13.2 Å². The Hall–Kier alpha value is -2.03. The maximum Gasteiger partial charge on any atom is 0.336 e. The van der Waals surface area contributed by atoms with Crippen molar-refractivity contribution in [3.05, 3.63) is 40.8 Å². The monoisotopic (exact) mass is 404 g/mol. The molecule has 8 heteroatoms. The van der Waals surface area contributed by atoms with E-state index in [1.165, 1.54) is 6.07 Å². The van der Waals surface area contributed by atoms with Crippen LogP contribution in [0, 0.1) is 0 Å². The number of carbonyl (C=O) groups excluding carboxylic acids is 1. The summed E-state index contributed by atoms with van der Waals surface area (Å²) < 4.78 is 16.2. The van der Waals surface area contributed by atoms with E-state index in [0.29, 0.717) is 17.9 Å². The number of rotatable bonds is 6. The van der Waals surface area contributed by atoms with Crippen molar-refractivity contribution in [1.29, 1.82) is 0 Å². The predicted molar refractivity (Wildman–Crippen MR) is 108 cm³/mol. The van der Waals surface area contributed by atoms with E-state index in [-0.39, 0.29) is 18.1 Å². The number of benzene rings is 1. The molecule has 0 bridgehead atoms. The number of morpholine rings is 1. The van der Waals surface area contributed by atoms with Crippen LogP contribution in [0.3, 0.4) is 0 Å². The van der Waals surface area contributed by atoms with E-state index in [2.05, 4.69) is 10.2 Å². The molecule has 1 aromatic carbocycles. The third kappa shape index (κ3) is 4.34. The first-order chi connectivity index (χ1) is 13.6. The van der Waals surface area contributed by atoms with Gasteiger partial charge < -0.3 is 19.2 Å². The minimum absolute atomic E-state index is 0.0104. The van der Waals surface area contributed by atoms with Gasteiger partial charge in [-0.1, -0.05) is 0 Å². The number of nitrogens with one attached hydrogen (secondary N) is 1. The van der Waals surface area contributed by atoms with E-state index in [4.69, 9.17) is 13.9 Å². The fourth-order valence-corrected chi connectivity index (χ4v) is 5.21. The number of fused-ring (bicyclic) bond motifs is 1. The zero-order valence-corrected chi connectivity index (χ0v) is 16.5. The average molecular weight is 404 g/mol. The molecule has 0 spiro atoms. The molecular weight excluding hydrogens is 380 g/mol. The lowest BCUT2D eigenvalue weighted by Crippen LogP contribution is -2.59. The van der Waals surface area contributed by atoms with Crippen LogP contribution >= 0.6 is 11.8 Å². The molecule has 1 atom stereocenters. The highest BCUT2D eigenvalue weighted by Gasteiger charge is 2.40. The second-order valence-corrected chi connectivity index (χ2v) is 8.25. The van der Waals surface area contributed by atoms with Crippen molar-refractivity contribution in [2.24, 2.45) is 0 Å². The van der Waals surface area contributed by atoms with Gasteiger partial charge in [-0.3, -0.25) is 9.69 Å². The number of hydrogen-bond acceptors (Lipinski definition) is 7. The lowest BCUT2D eigenvalue weighted by molar-refractivity contribution is -0.123. The zero-order valence-electron chi connectivity index (χ0n) is 15.6. The molecule has 4 rings (SSSR count). The number of amides is 1. The van der Waals surface area contributed by atoms with Gasteiger partial charge in [0.2, 0.25) is 0 Å². The van der Waals surface area contributed by atoms with Crippen molar-refractivity contribution in [3.8, 4) is 5.75 Å². The van der Waals surface area contributed by atoms with Gasteiger partial charge in [0, 0.05) is 48.4 Å². The van der Waals surface area contributed by atoms with Gasteiger partial charge in [-0.2, -0.15) is 11.8 Å². The largest absolute Gasteiger partial charge is 0.484 e. The molecule has 3 heterocycles. The normalized spacial score (nSPS) is 23.0. The number of nitrogens with zero attached hydrogens (tertiary/aromatic N) is 1. The summed E-state index contributed by atoms with van der Waals surface area (Å²) in [5, 5.41) is 3.85. The van der Waals surface area contributed by atoms with Gasteiger partial charge in [0.1, 0.15) is 11.3 Å². The fraction of sp³-hybridized carbons (Fsp3) is 0.500. The van der Waals surface area contributed by atoms with E-state index in [9.17, 15) is 9.59 Å². The lowest BCUT2D eigenvalue weighted by atomic mass is 9.95. The first-order valence-electron chi connectivity index (χ1n) is 9.49. The van der Waals surface area contributed by atoms with Crippen LogP contribution in [0.25, 0.3) is 11.0 Å². The first kappa shape index (κ1) is 19.3. The van der Waals surface area contributed by atoms with Gasteiger partial charge in [0.25, 0.3) is 5.91 Å². The zero-order chi connectivity index (χ0) is 19.4. The lowest BCUT2D eigenvalue weighted by Gasteiger charge is -2.43. The minimum Gasteiger partial charge on any atom is -0.484 e. The molecule has 1 N–H and O–H groups in total. The standard InChI is InChI=1S/C20H24N2O5S/c23-18(12-26-16-3-1-15-2-4-19(24)27-17(15)11-16)21-13-20(5-10-28-14-20)22-6-8-25-9-7-22/h1-4,11H,5-10,12-14H2,(H,21,23). The fourth-order valence-electron chi connectivity index (χ4n) is 3.73. The Morgan fingerprint density at radius 1 is 1.25 bits per heavy atom. The topological polar surface area (TPSA) is 81.0 Å². The molecule has 28 heavy (non-hydrogen) atoms. The Kier molecular flexibility index (Phi) is 5.89. The maximum atomic E-state index is 12.4. The molecule has 2 aliphatic heterocycles. The number of thioether (sulfide) groups is 1. The van der Waals surface area contributed by atoms with Gasteiger partial charge in [-0.25, -0.2) is 4.79 Å². The highest BCUT2D eigenvalue weighted by Crippen LogP contribution is 2.33. The molecule has 150 valence electrons. The van der Waals surface area contributed by atoms with E-state index in [1.54, 1.807) is 24.3 Å². The van der Waals surface area contributed by atoms with Gasteiger partial charge in [0.15, 0.2) is 6.61 Å². The van der Waals surface area contributed by atoms with Crippen LogP contribution in [0.15, 0.2) is 39.5 Å². The second-order valence-electron chi connectivity index (χ2n) is 7.15. The van der Waals surface area contributed by atoms with Gasteiger partial charge >= 0.3 is 5.63 Å². The molecular formula is C20H24N2O5S. The number of carbonyl (C=O) groups is 1. The van der Waals surface area contributed by atoms with Crippen molar-refractivity contribution < 1.29 is 18.7 Å². The Labute approximate surface area is 167 Å². The van der Waals surface area contributed by atoms with E-state index in [0.717, 1.165) is 49.6 Å². The molecule has 2 aromatic rings. The van der Waals surface area contributed by atoms with Crippen LogP contribution in [-0.2, 0) is 9.53 Å². The first-order valence-corrected chi connectivity index (χ1v) is 10.6. The molecule has 1 aromatic heterocycles. The molecule has 1 amide bonds. The Balaban J connectivity index is 1.33. The number of ether oxygens (including phenoxy) is 2. The summed E-state index contributed by atoms with van der Waals surface area (Å²) in [6.07, 6.45) is 1.07. The minimum atomic E-state index is -0.412.